The van der Waals surface area contributed by atoms with Gasteiger partial charge in [-0.2, -0.15) is 4.57 Å². The predicted octanol–water partition coefficient (Wildman–Crippen LogP) is -0.815. The van der Waals surface area contributed by atoms with Gasteiger partial charge in [0.2, 0.25) is 0 Å². The number of carbonyl (C=O) groups is 1. The summed E-state index contributed by atoms with van der Waals surface area (Å²) in [5, 5.41) is 0. The van der Waals surface area contributed by atoms with E-state index in [4.69, 9.17) is 0 Å². The molecule has 1 unspecified atom stereocenters. The van der Waals surface area contributed by atoms with Crippen LogP contribution in [0.15, 0.2) is 18.7 Å². The SMILES string of the molecule is CCCCN(C(=O)n1cc[n+](C)c1)C(C)CC.[I-]. The van der Waals surface area contributed by atoms with Gasteiger partial charge in [0.15, 0.2) is 0 Å². The van der Waals surface area contributed by atoms with Crippen molar-refractivity contribution in [1.82, 2.24) is 9.47 Å². The summed E-state index contributed by atoms with van der Waals surface area (Å²) < 4.78 is 3.54. The molecule has 0 saturated heterocycles. The van der Waals surface area contributed by atoms with Gasteiger partial charge >= 0.3 is 6.03 Å². The Morgan fingerprint density at radius 2 is 2.11 bits per heavy atom. The highest BCUT2D eigenvalue weighted by Gasteiger charge is 2.23. The summed E-state index contributed by atoms with van der Waals surface area (Å²) in [6.07, 6.45) is 8.66. The molecule has 5 heteroatoms. The van der Waals surface area contributed by atoms with E-state index < -0.39 is 0 Å². The van der Waals surface area contributed by atoms with Crippen LogP contribution in [0.5, 0.6) is 0 Å². The Morgan fingerprint density at radius 1 is 1.44 bits per heavy atom. The van der Waals surface area contributed by atoms with E-state index in [9.17, 15) is 4.79 Å². The number of aromatic nitrogens is 2. The number of nitrogens with zero attached hydrogens (tertiary/aromatic N) is 3. The van der Waals surface area contributed by atoms with Crippen molar-refractivity contribution < 1.29 is 33.3 Å². The first-order valence-electron chi connectivity index (χ1n) is 6.44. The first-order chi connectivity index (χ1) is 8.10. The molecule has 4 nitrogen and oxygen atoms in total. The summed E-state index contributed by atoms with van der Waals surface area (Å²) in [5.74, 6) is 0. The second-order valence-electron chi connectivity index (χ2n) is 4.57. The van der Waals surface area contributed by atoms with Gasteiger partial charge in [-0.1, -0.05) is 20.3 Å². The Bertz CT molecular complexity index is 365. The average Bonchev–Trinajstić information content (AvgIpc) is 2.75. The molecule has 0 aliphatic heterocycles. The minimum atomic E-state index is 0. The first kappa shape index (κ1) is 17.4. The topological polar surface area (TPSA) is 29.1 Å². The fraction of sp³-hybridized carbons (Fsp3) is 0.692. The third kappa shape index (κ3) is 4.59. The van der Waals surface area contributed by atoms with Crippen LogP contribution in [-0.4, -0.2) is 28.1 Å². The Labute approximate surface area is 127 Å². The van der Waals surface area contributed by atoms with Gasteiger partial charge in [-0.25, -0.2) is 9.36 Å². The molecule has 0 N–H and O–H groups in total. The number of halogens is 1. The maximum absolute atomic E-state index is 12.3. The van der Waals surface area contributed by atoms with Crippen LogP contribution in [0, 0.1) is 0 Å². The molecule has 0 fully saturated rings. The molecule has 0 aliphatic carbocycles. The van der Waals surface area contributed by atoms with Crippen molar-refractivity contribution in [3.63, 3.8) is 0 Å². The van der Waals surface area contributed by atoms with Crippen molar-refractivity contribution in [3.8, 4) is 0 Å². The standard InChI is InChI=1S/C13H24N3O.HI/c1-5-7-8-16(12(3)6-2)13(17)15-10-9-14(4)11-15;/h9-12H,5-8H2,1-4H3;1H/q+1;/p-1. The van der Waals surface area contributed by atoms with E-state index in [1.54, 1.807) is 4.57 Å². The van der Waals surface area contributed by atoms with E-state index in [1.807, 2.05) is 35.2 Å². The van der Waals surface area contributed by atoms with Crippen LogP contribution in [0.1, 0.15) is 40.0 Å². The molecular formula is C13H24IN3O. The number of rotatable bonds is 5. The van der Waals surface area contributed by atoms with E-state index >= 15 is 0 Å². The minimum absolute atomic E-state index is 0. The molecule has 0 aromatic carbocycles. The van der Waals surface area contributed by atoms with Crippen LogP contribution in [0.4, 0.5) is 4.79 Å². The molecule has 104 valence electrons. The second kappa shape index (κ2) is 8.50. The van der Waals surface area contributed by atoms with Crippen LogP contribution in [0.2, 0.25) is 0 Å². The molecule has 1 aromatic heterocycles. The zero-order valence-corrected chi connectivity index (χ0v) is 13.9. The first-order valence-corrected chi connectivity index (χ1v) is 6.44. The second-order valence-corrected chi connectivity index (χ2v) is 4.57. The third-order valence-corrected chi connectivity index (χ3v) is 3.11. The lowest BCUT2D eigenvalue weighted by Gasteiger charge is -2.25. The van der Waals surface area contributed by atoms with Crippen molar-refractivity contribution in [1.29, 1.82) is 0 Å². The monoisotopic (exact) mass is 365 g/mol. The van der Waals surface area contributed by atoms with E-state index in [1.165, 1.54) is 0 Å². The smallest absolute Gasteiger partial charge is 0.416 e. The number of imidazole rings is 1. The third-order valence-electron chi connectivity index (χ3n) is 3.11. The number of amides is 1. The molecule has 0 aliphatic rings. The molecule has 1 atom stereocenters. The lowest BCUT2D eigenvalue weighted by atomic mass is 10.2. The van der Waals surface area contributed by atoms with E-state index in [0.717, 1.165) is 25.8 Å². The number of carbonyl (C=O) groups excluding carboxylic acids is 1. The number of hydrogen-bond donors (Lipinski definition) is 0. The normalized spacial score (nSPS) is 11.8. The minimum Gasteiger partial charge on any atom is -1.00 e. The summed E-state index contributed by atoms with van der Waals surface area (Å²) in [5.41, 5.74) is 0. The molecule has 1 aromatic rings. The van der Waals surface area contributed by atoms with Crippen LogP contribution in [0.25, 0.3) is 0 Å². The quantitative estimate of drug-likeness (QED) is 0.496. The van der Waals surface area contributed by atoms with Gasteiger partial charge in [0.25, 0.3) is 6.33 Å². The molecular weight excluding hydrogens is 341 g/mol. The Hall–Kier alpha value is -0.590. The number of aryl methyl sites for hydroxylation is 1. The van der Waals surface area contributed by atoms with Crippen molar-refractivity contribution in [2.24, 2.45) is 7.05 Å². The van der Waals surface area contributed by atoms with Crippen molar-refractivity contribution in [3.05, 3.63) is 18.7 Å². The van der Waals surface area contributed by atoms with E-state index in [2.05, 4.69) is 20.8 Å². The van der Waals surface area contributed by atoms with Crippen LogP contribution in [-0.2, 0) is 7.05 Å². The molecule has 0 saturated carbocycles. The van der Waals surface area contributed by atoms with Crippen LogP contribution in [0.3, 0.4) is 0 Å². The van der Waals surface area contributed by atoms with Crippen molar-refractivity contribution in [2.75, 3.05) is 6.54 Å². The zero-order chi connectivity index (χ0) is 12.8. The van der Waals surface area contributed by atoms with Crippen LogP contribution < -0.4 is 28.5 Å². The zero-order valence-electron chi connectivity index (χ0n) is 11.8. The Balaban J connectivity index is 0.00000289. The Morgan fingerprint density at radius 3 is 2.56 bits per heavy atom. The van der Waals surface area contributed by atoms with Gasteiger partial charge < -0.3 is 28.9 Å². The molecule has 1 rings (SSSR count). The van der Waals surface area contributed by atoms with Gasteiger partial charge in [-0.3, -0.25) is 0 Å². The fourth-order valence-electron chi connectivity index (χ4n) is 1.77. The molecule has 0 spiro atoms. The highest BCUT2D eigenvalue weighted by atomic mass is 127. The highest BCUT2D eigenvalue weighted by molar-refractivity contribution is 5.76. The largest absolute Gasteiger partial charge is 1.00 e. The van der Waals surface area contributed by atoms with Gasteiger partial charge in [0.05, 0.1) is 7.05 Å². The Kier molecular flexibility index (Phi) is 8.22. The maximum Gasteiger partial charge on any atom is 0.416 e. The highest BCUT2D eigenvalue weighted by Crippen LogP contribution is 2.08. The lowest BCUT2D eigenvalue weighted by molar-refractivity contribution is -0.670. The van der Waals surface area contributed by atoms with E-state index in [-0.39, 0.29) is 30.0 Å². The summed E-state index contributed by atoms with van der Waals surface area (Å²) in [7, 11) is 1.92. The predicted molar refractivity (Wildman–Crippen MR) is 67.8 cm³/mol. The summed E-state index contributed by atoms with van der Waals surface area (Å²) in [6, 6.07) is 0.371. The van der Waals surface area contributed by atoms with Crippen LogP contribution >= 0.6 is 0 Å². The van der Waals surface area contributed by atoms with Crippen molar-refractivity contribution in [2.45, 2.75) is 46.1 Å². The number of hydrogen-bond acceptors (Lipinski definition) is 1. The molecule has 1 amide bonds. The molecule has 18 heavy (non-hydrogen) atoms. The number of unbranched alkanes of at least 4 members (excludes halogenated alkanes) is 1. The average molecular weight is 365 g/mol. The summed E-state index contributed by atoms with van der Waals surface area (Å²) in [6.45, 7) is 7.21. The summed E-state index contributed by atoms with van der Waals surface area (Å²) in [4.78, 5) is 14.3. The lowest BCUT2D eigenvalue weighted by Crippen LogP contribution is -3.00. The van der Waals surface area contributed by atoms with Gasteiger partial charge in [-0.15, -0.1) is 0 Å². The molecule has 0 bridgehead atoms. The van der Waals surface area contributed by atoms with E-state index in [0.29, 0.717) is 6.04 Å². The fourth-order valence-corrected chi connectivity index (χ4v) is 1.77. The van der Waals surface area contributed by atoms with Gasteiger partial charge in [-0.05, 0) is 19.8 Å². The van der Waals surface area contributed by atoms with Gasteiger partial charge in [0, 0.05) is 12.6 Å². The van der Waals surface area contributed by atoms with Gasteiger partial charge in [0.1, 0.15) is 12.4 Å². The maximum atomic E-state index is 12.3. The van der Waals surface area contributed by atoms with Crippen molar-refractivity contribution >= 4 is 6.03 Å². The molecule has 0 radical (unpaired) electrons. The summed E-state index contributed by atoms with van der Waals surface area (Å²) >= 11 is 0. The molecule has 1 heterocycles.